The first kappa shape index (κ1) is 12.4. The summed E-state index contributed by atoms with van der Waals surface area (Å²) in [6, 6.07) is 10.2. The zero-order valence-corrected chi connectivity index (χ0v) is 9.03. The van der Waals surface area contributed by atoms with E-state index in [1.54, 1.807) is 6.08 Å². The zero-order valence-electron chi connectivity index (χ0n) is 9.03. The van der Waals surface area contributed by atoms with E-state index in [0.717, 1.165) is 5.57 Å². The van der Waals surface area contributed by atoms with Gasteiger partial charge in [-0.3, -0.25) is 0 Å². The van der Waals surface area contributed by atoms with Gasteiger partial charge in [-0.2, -0.15) is 0 Å². The average Bonchev–Trinajstić information content (AvgIpc) is 2.21. The van der Waals surface area contributed by atoms with Crippen LogP contribution in [0.25, 0.3) is 5.57 Å². The van der Waals surface area contributed by atoms with E-state index in [2.05, 4.69) is 25.3 Å². The van der Waals surface area contributed by atoms with E-state index in [4.69, 9.17) is 0 Å². The molecule has 74 valence electrons. The van der Waals surface area contributed by atoms with Gasteiger partial charge in [0.05, 0.1) is 0 Å². The highest BCUT2D eigenvalue weighted by Crippen LogP contribution is 2.08. The molecule has 0 radical (unpaired) electrons. The van der Waals surface area contributed by atoms with Crippen molar-refractivity contribution in [1.82, 2.24) is 0 Å². The molecule has 0 saturated carbocycles. The van der Waals surface area contributed by atoms with Crippen LogP contribution in [0.15, 0.2) is 61.7 Å². The molecule has 14 heavy (non-hydrogen) atoms. The van der Waals surface area contributed by atoms with Crippen molar-refractivity contribution >= 4 is 5.57 Å². The van der Waals surface area contributed by atoms with Gasteiger partial charge in [-0.1, -0.05) is 67.3 Å². The van der Waals surface area contributed by atoms with Crippen LogP contribution in [0.5, 0.6) is 0 Å². The maximum Gasteiger partial charge on any atom is -0.0233 e. The largest absolute Gasteiger partial charge is 0.0991 e. The summed E-state index contributed by atoms with van der Waals surface area (Å²) < 4.78 is 0. The Morgan fingerprint density at radius 3 is 2.00 bits per heavy atom. The molecule has 0 aliphatic heterocycles. The van der Waals surface area contributed by atoms with Crippen LogP contribution in [0.4, 0.5) is 0 Å². The fraction of sp³-hybridized carbons (Fsp3) is 0.143. The third kappa shape index (κ3) is 6.01. The van der Waals surface area contributed by atoms with Gasteiger partial charge in [0.1, 0.15) is 0 Å². The molecule has 0 bridgehead atoms. The monoisotopic (exact) mass is 186 g/mol. The lowest BCUT2D eigenvalue weighted by Gasteiger charge is -1.94. The molecule has 0 heteroatoms. The van der Waals surface area contributed by atoms with Gasteiger partial charge in [0, 0.05) is 0 Å². The van der Waals surface area contributed by atoms with Crippen molar-refractivity contribution in [2.45, 2.75) is 13.8 Å². The van der Waals surface area contributed by atoms with Crippen LogP contribution in [0, 0.1) is 0 Å². The minimum atomic E-state index is 1.12. The first-order valence-corrected chi connectivity index (χ1v) is 4.67. The molecule has 0 aliphatic rings. The quantitative estimate of drug-likeness (QED) is 0.598. The molecule has 0 saturated heterocycles. The zero-order chi connectivity index (χ0) is 10.8. The molecule has 0 aromatic heterocycles. The molecular formula is C14H18. The highest BCUT2D eigenvalue weighted by atomic mass is 13.9. The van der Waals surface area contributed by atoms with E-state index in [9.17, 15) is 0 Å². The molecule has 0 amide bonds. The number of allylic oxidation sites excluding steroid dienone is 4. The fourth-order valence-electron chi connectivity index (χ4n) is 0.859. The molecular weight excluding hydrogens is 168 g/mol. The minimum Gasteiger partial charge on any atom is -0.0991 e. The van der Waals surface area contributed by atoms with Crippen LogP contribution >= 0.6 is 0 Å². The van der Waals surface area contributed by atoms with Gasteiger partial charge in [0.15, 0.2) is 0 Å². The van der Waals surface area contributed by atoms with E-state index < -0.39 is 0 Å². The van der Waals surface area contributed by atoms with Crippen LogP contribution in [0.3, 0.4) is 0 Å². The third-order valence-corrected chi connectivity index (χ3v) is 1.60. The van der Waals surface area contributed by atoms with Crippen molar-refractivity contribution in [1.29, 1.82) is 0 Å². The molecule has 0 nitrogen and oxygen atoms in total. The highest BCUT2D eigenvalue weighted by Gasteiger charge is 1.86. The summed E-state index contributed by atoms with van der Waals surface area (Å²) in [7, 11) is 0. The molecule has 1 aromatic carbocycles. The standard InChI is InChI=1S/C9H10.C5H8/c1-8(2)9-6-4-3-5-7-9;1-3-5-4-2/h3-7H,1H2,2H3;3-5H,1H2,2H3. The summed E-state index contributed by atoms with van der Waals surface area (Å²) in [5.41, 5.74) is 2.34. The van der Waals surface area contributed by atoms with Gasteiger partial charge in [0.2, 0.25) is 0 Å². The highest BCUT2D eigenvalue weighted by molar-refractivity contribution is 5.60. The molecule has 0 heterocycles. The van der Waals surface area contributed by atoms with Gasteiger partial charge >= 0.3 is 0 Å². The molecule has 0 aliphatic carbocycles. The number of benzene rings is 1. The summed E-state index contributed by atoms with van der Waals surface area (Å²) in [6.45, 7) is 11.3. The molecule has 0 atom stereocenters. The number of hydrogen-bond acceptors (Lipinski definition) is 0. The molecule has 1 rings (SSSR count). The van der Waals surface area contributed by atoms with Crippen LogP contribution in [-0.2, 0) is 0 Å². The number of hydrogen-bond donors (Lipinski definition) is 0. The first-order valence-electron chi connectivity index (χ1n) is 4.67. The van der Waals surface area contributed by atoms with E-state index >= 15 is 0 Å². The van der Waals surface area contributed by atoms with Crippen molar-refractivity contribution < 1.29 is 0 Å². The SMILES string of the molecule is C=C(C)c1ccccc1.C=CC=CC. The van der Waals surface area contributed by atoms with Crippen molar-refractivity contribution in [3.63, 3.8) is 0 Å². The predicted molar refractivity (Wildman–Crippen MR) is 66.2 cm³/mol. The van der Waals surface area contributed by atoms with Gasteiger partial charge in [-0.05, 0) is 19.4 Å². The first-order chi connectivity index (χ1) is 6.72. The van der Waals surface area contributed by atoms with Crippen molar-refractivity contribution in [2.75, 3.05) is 0 Å². The fourth-order valence-corrected chi connectivity index (χ4v) is 0.859. The van der Waals surface area contributed by atoms with Crippen LogP contribution < -0.4 is 0 Å². The molecule has 0 spiro atoms. The third-order valence-electron chi connectivity index (χ3n) is 1.60. The Balaban J connectivity index is 0.000000292. The predicted octanol–water partition coefficient (Wildman–Crippen LogP) is 4.47. The number of rotatable bonds is 2. The van der Waals surface area contributed by atoms with Crippen LogP contribution in [0.2, 0.25) is 0 Å². The van der Waals surface area contributed by atoms with Crippen molar-refractivity contribution in [3.05, 3.63) is 67.3 Å². The lowest BCUT2D eigenvalue weighted by molar-refractivity contribution is 1.58. The van der Waals surface area contributed by atoms with Gasteiger partial charge < -0.3 is 0 Å². The van der Waals surface area contributed by atoms with Crippen molar-refractivity contribution in [2.24, 2.45) is 0 Å². The Hall–Kier alpha value is -1.56. The molecule has 0 fully saturated rings. The maximum atomic E-state index is 3.83. The Morgan fingerprint density at radius 1 is 1.21 bits per heavy atom. The Bertz CT molecular complexity index is 291. The summed E-state index contributed by atoms with van der Waals surface area (Å²) >= 11 is 0. The van der Waals surface area contributed by atoms with Gasteiger partial charge in [-0.15, -0.1) is 0 Å². The second-order valence-corrected chi connectivity index (χ2v) is 2.91. The van der Waals surface area contributed by atoms with Crippen molar-refractivity contribution in [3.8, 4) is 0 Å². The maximum absolute atomic E-state index is 3.83. The second-order valence-electron chi connectivity index (χ2n) is 2.91. The van der Waals surface area contributed by atoms with E-state index in [1.165, 1.54) is 5.56 Å². The summed E-state index contributed by atoms with van der Waals surface area (Å²) in [6.07, 6.45) is 5.58. The summed E-state index contributed by atoms with van der Waals surface area (Å²) in [4.78, 5) is 0. The second kappa shape index (κ2) is 8.06. The van der Waals surface area contributed by atoms with E-state index in [1.807, 2.05) is 44.2 Å². The van der Waals surface area contributed by atoms with Gasteiger partial charge in [-0.25, -0.2) is 0 Å². The molecule has 0 unspecified atom stereocenters. The summed E-state index contributed by atoms with van der Waals surface area (Å²) in [5, 5.41) is 0. The average molecular weight is 186 g/mol. The Labute approximate surface area is 87.3 Å². The molecule has 1 aromatic rings. The normalized spacial score (nSPS) is 9.00. The Kier molecular flexibility index (Phi) is 7.16. The van der Waals surface area contributed by atoms with Crippen LogP contribution in [-0.4, -0.2) is 0 Å². The Morgan fingerprint density at radius 2 is 1.79 bits per heavy atom. The lowest BCUT2D eigenvalue weighted by Crippen LogP contribution is -1.72. The lowest BCUT2D eigenvalue weighted by atomic mass is 10.1. The topological polar surface area (TPSA) is 0 Å². The molecule has 0 N–H and O–H groups in total. The van der Waals surface area contributed by atoms with E-state index in [-0.39, 0.29) is 0 Å². The minimum absolute atomic E-state index is 1.12. The van der Waals surface area contributed by atoms with Crippen LogP contribution in [0.1, 0.15) is 19.4 Å². The van der Waals surface area contributed by atoms with E-state index in [0.29, 0.717) is 0 Å². The van der Waals surface area contributed by atoms with Gasteiger partial charge in [0.25, 0.3) is 0 Å². The summed E-state index contributed by atoms with van der Waals surface area (Å²) in [5.74, 6) is 0. The smallest absolute Gasteiger partial charge is 0.0233 e.